The van der Waals surface area contributed by atoms with Crippen molar-refractivity contribution in [3.8, 4) is 5.75 Å². The summed E-state index contributed by atoms with van der Waals surface area (Å²) in [6, 6.07) is 3.08. The molecule has 7 heteroatoms. The number of carbonyl (C=O) groups excluding carboxylic acids is 1. The topological polar surface area (TPSA) is 88.8 Å². The lowest BCUT2D eigenvalue weighted by Crippen LogP contribution is -2.33. The first-order valence-corrected chi connectivity index (χ1v) is 6.90. The van der Waals surface area contributed by atoms with E-state index in [4.69, 9.17) is 9.84 Å². The molecule has 0 atom stereocenters. The smallest absolute Gasteiger partial charge is 0.305 e. The third kappa shape index (κ3) is 4.08. The molecule has 1 aliphatic heterocycles. The normalized spacial score (nSPS) is 14.2. The molecule has 0 aromatic carbocycles. The Morgan fingerprint density at radius 3 is 2.67 bits per heavy atom. The lowest BCUT2D eigenvalue weighted by atomic mass is 10.4. The van der Waals surface area contributed by atoms with Gasteiger partial charge in [-0.15, -0.1) is 0 Å². The maximum atomic E-state index is 12.0. The van der Waals surface area contributed by atoms with Gasteiger partial charge in [-0.2, -0.15) is 0 Å². The van der Waals surface area contributed by atoms with Crippen LogP contribution in [0.5, 0.6) is 5.75 Å². The number of nitrogens with zero attached hydrogens (tertiary/aromatic N) is 2. The number of carboxylic acid groups (broad SMARTS) is 1. The molecule has 1 aromatic heterocycles. The second-order valence-electron chi connectivity index (χ2n) is 4.89. The molecule has 1 aromatic rings. The maximum absolute atomic E-state index is 12.0. The number of aliphatic carboxylic acids is 1. The highest BCUT2D eigenvalue weighted by atomic mass is 16.5. The monoisotopic (exact) mass is 294 g/mol. The number of likely N-dealkylation sites (tertiary alicyclic amines) is 1. The van der Waals surface area contributed by atoms with E-state index in [2.05, 4.69) is 0 Å². The molecular weight excluding hydrogens is 276 g/mol. The zero-order chi connectivity index (χ0) is 15.2. The second-order valence-corrected chi connectivity index (χ2v) is 4.89. The van der Waals surface area contributed by atoms with E-state index in [-0.39, 0.29) is 31.2 Å². The van der Waals surface area contributed by atoms with Crippen LogP contribution in [-0.4, -0.2) is 46.1 Å². The molecule has 21 heavy (non-hydrogen) atoms. The molecule has 1 N–H and O–H groups in total. The van der Waals surface area contributed by atoms with Crippen LogP contribution >= 0.6 is 0 Å². The van der Waals surface area contributed by atoms with Crippen molar-refractivity contribution in [3.63, 3.8) is 0 Å². The van der Waals surface area contributed by atoms with Gasteiger partial charge in [-0.05, 0) is 25.0 Å². The highest BCUT2D eigenvalue weighted by molar-refractivity contribution is 5.78. The fourth-order valence-electron chi connectivity index (χ4n) is 2.21. The standard InChI is InChI=1S/C14H18N2O5/c17-12(15-6-1-2-7-15)10-21-11-4-3-8-16(14(11)20)9-5-13(18)19/h3-4,8H,1-2,5-7,9-10H2,(H,18,19). The molecule has 0 unspecified atom stereocenters. The van der Waals surface area contributed by atoms with Crippen LogP contribution in [0.25, 0.3) is 0 Å². The lowest BCUT2D eigenvalue weighted by Gasteiger charge is -2.15. The SMILES string of the molecule is O=C(O)CCn1cccc(OCC(=O)N2CCCC2)c1=O. The third-order valence-corrected chi connectivity index (χ3v) is 3.36. The maximum Gasteiger partial charge on any atom is 0.305 e. The Morgan fingerprint density at radius 1 is 1.29 bits per heavy atom. The van der Waals surface area contributed by atoms with Crippen LogP contribution in [0.1, 0.15) is 19.3 Å². The summed E-state index contributed by atoms with van der Waals surface area (Å²) in [6.07, 6.45) is 3.36. The summed E-state index contributed by atoms with van der Waals surface area (Å²) in [5.41, 5.74) is -0.423. The Kier molecular flexibility index (Phi) is 4.97. The zero-order valence-corrected chi connectivity index (χ0v) is 11.7. The Hall–Kier alpha value is -2.31. The first kappa shape index (κ1) is 15.1. The van der Waals surface area contributed by atoms with Gasteiger partial charge in [0.05, 0.1) is 6.42 Å². The Labute approximate surface area is 121 Å². The fraction of sp³-hybridized carbons (Fsp3) is 0.500. The molecule has 0 aliphatic carbocycles. The summed E-state index contributed by atoms with van der Waals surface area (Å²) in [7, 11) is 0. The molecule has 1 saturated heterocycles. The van der Waals surface area contributed by atoms with Gasteiger partial charge in [0.25, 0.3) is 11.5 Å². The summed E-state index contributed by atoms with van der Waals surface area (Å²) in [5, 5.41) is 8.64. The summed E-state index contributed by atoms with van der Waals surface area (Å²) < 4.78 is 6.55. The highest BCUT2D eigenvalue weighted by Gasteiger charge is 2.18. The molecule has 0 spiro atoms. The molecule has 1 aliphatic rings. The predicted octanol–water partition coefficient (Wildman–Crippen LogP) is 0.324. The van der Waals surface area contributed by atoms with Gasteiger partial charge in [0.15, 0.2) is 12.4 Å². The quantitative estimate of drug-likeness (QED) is 0.816. The summed E-state index contributed by atoms with van der Waals surface area (Å²) in [5.74, 6) is -1.04. The van der Waals surface area contributed by atoms with Gasteiger partial charge in [0.1, 0.15) is 0 Å². The van der Waals surface area contributed by atoms with Gasteiger partial charge in [-0.25, -0.2) is 0 Å². The van der Waals surface area contributed by atoms with Crippen molar-refractivity contribution in [2.24, 2.45) is 0 Å². The summed E-state index contributed by atoms with van der Waals surface area (Å²) >= 11 is 0. The van der Waals surface area contributed by atoms with Crippen LogP contribution in [0.4, 0.5) is 0 Å². The molecule has 2 heterocycles. The number of hydrogen-bond donors (Lipinski definition) is 1. The molecule has 0 radical (unpaired) electrons. The minimum Gasteiger partial charge on any atom is -0.481 e. The van der Waals surface area contributed by atoms with E-state index in [0.717, 1.165) is 25.9 Å². The minimum absolute atomic E-state index is 0.0652. The van der Waals surface area contributed by atoms with E-state index in [1.54, 1.807) is 11.0 Å². The molecular formula is C14H18N2O5. The van der Waals surface area contributed by atoms with Crippen molar-refractivity contribution in [2.45, 2.75) is 25.8 Å². The van der Waals surface area contributed by atoms with Crippen LogP contribution < -0.4 is 10.3 Å². The number of aromatic nitrogens is 1. The van der Waals surface area contributed by atoms with Gasteiger partial charge in [-0.1, -0.05) is 0 Å². The van der Waals surface area contributed by atoms with Crippen molar-refractivity contribution < 1.29 is 19.4 Å². The van der Waals surface area contributed by atoms with Crippen molar-refractivity contribution >= 4 is 11.9 Å². The predicted molar refractivity (Wildman–Crippen MR) is 74.3 cm³/mol. The van der Waals surface area contributed by atoms with E-state index in [1.807, 2.05) is 0 Å². The van der Waals surface area contributed by atoms with E-state index in [1.165, 1.54) is 16.8 Å². The Morgan fingerprint density at radius 2 is 2.00 bits per heavy atom. The first-order valence-electron chi connectivity index (χ1n) is 6.90. The number of pyridine rings is 1. The van der Waals surface area contributed by atoms with Gasteiger partial charge in [0.2, 0.25) is 0 Å². The highest BCUT2D eigenvalue weighted by Crippen LogP contribution is 2.08. The van der Waals surface area contributed by atoms with Crippen LogP contribution in [0, 0.1) is 0 Å². The molecule has 1 amide bonds. The Balaban J connectivity index is 1.96. The third-order valence-electron chi connectivity index (χ3n) is 3.36. The number of carbonyl (C=O) groups is 2. The average molecular weight is 294 g/mol. The van der Waals surface area contributed by atoms with Crippen LogP contribution in [0.2, 0.25) is 0 Å². The Bertz CT molecular complexity index is 575. The number of hydrogen-bond acceptors (Lipinski definition) is 4. The van der Waals surface area contributed by atoms with Gasteiger partial charge in [-0.3, -0.25) is 14.4 Å². The van der Waals surface area contributed by atoms with Gasteiger partial charge in [0, 0.05) is 25.8 Å². The molecule has 2 rings (SSSR count). The lowest BCUT2D eigenvalue weighted by molar-refractivity contribution is -0.137. The molecule has 114 valence electrons. The number of aryl methyl sites for hydroxylation is 1. The number of amides is 1. The largest absolute Gasteiger partial charge is 0.481 e. The van der Waals surface area contributed by atoms with Crippen molar-refractivity contribution in [1.82, 2.24) is 9.47 Å². The van der Waals surface area contributed by atoms with Crippen molar-refractivity contribution in [1.29, 1.82) is 0 Å². The zero-order valence-electron chi connectivity index (χ0n) is 11.7. The van der Waals surface area contributed by atoms with E-state index < -0.39 is 11.5 Å². The van der Waals surface area contributed by atoms with Crippen molar-refractivity contribution in [3.05, 3.63) is 28.7 Å². The molecule has 7 nitrogen and oxygen atoms in total. The van der Waals surface area contributed by atoms with Crippen LogP contribution in [-0.2, 0) is 16.1 Å². The summed E-state index contributed by atoms with van der Waals surface area (Å²) in [4.78, 5) is 36.1. The number of carboxylic acids is 1. The van der Waals surface area contributed by atoms with Crippen LogP contribution in [0.15, 0.2) is 23.1 Å². The fourth-order valence-corrected chi connectivity index (χ4v) is 2.21. The first-order chi connectivity index (χ1) is 10.1. The number of rotatable bonds is 6. The van der Waals surface area contributed by atoms with Gasteiger partial charge < -0.3 is 19.3 Å². The average Bonchev–Trinajstić information content (AvgIpc) is 2.98. The number of ether oxygens (including phenoxy) is 1. The second kappa shape index (κ2) is 6.92. The molecule has 0 saturated carbocycles. The molecule has 0 bridgehead atoms. The van der Waals surface area contributed by atoms with Crippen LogP contribution in [0.3, 0.4) is 0 Å². The van der Waals surface area contributed by atoms with Gasteiger partial charge >= 0.3 is 5.97 Å². The van der Waals surface area contributed by atoms with Crippen molar-refractivity contribution in [2.75, 3.05) is 19.7 Å². The molecule has 1 fully saturated rings. The van der Waals surface area contributed by atoms with E-state index in [0.29, 0.717) is 0 Å². The summed E-state index contributed by atoms with van der Waals surface area (Å²) in [6.45, 7) is 1.38. The van der Waals surface area contributed by atoms with E-state index >= 15 is 0 Å². The van der Waals surface area contributed by atoms with E-state index in [9.17, 15) is 14.4 Å². The minimum atomic E-state index is -0.975.